The molecular weight excluding hydrogens is 478 g/mol. The number of imidazole rings is 1. The molecule has 0 unspecified atom stereocenters. The lowest BCUT2D eigenvalue weighted by Gasteiger charge is -2.37. The third kappa shape index (κ3) is 6.54. The van der Waals surface area contributed by atoms with E-state index in [2.05, 4.69) is 69.6 Å². The Morgan fingerprint density at radius 3 is 2.64 bits per heavy atom. The van der Waals surface area contributed by atoms with Gasteiger partial charge in [-0.3, -0.25) is 14.3 Å². The summed E-state index contributed by atoms with van der Waals surface area (Å²) in [4.78, 5) is 23.2. The molecule has 1 aliphatic heterocycles. The van der Waals surface area contributed by atoms with E-state index < -0.39 is 8.32 Å². The van der Waals surface area contributed by atoms with Gasteiger partial charge in [0.25, 0.3) is 5.56 Å². The maximum Gasteiger partial charge on any atom is 0.280 e. The number of aromatic nitrogens is 4. The number of nitrogen functional groups attached to an aromatic ring is 1. The zero-order valence-electron chi connectivity index (χ0n) is 20.8. The van der Waals surface area contributed by atoms with Crippen molar-refractivity contribution in [2.75, 3.05) is 18.3 Å². The van der Waals surface area contributed by atoms with Crippen molar-refractivity contribution in [2.24, 2.45) is 0 Å². The van der Waals surface area contributed by atoms with E-state index >= 15 is 0 Å². The third-order valence-electron chi connectivity index (χ3n) is 6.00. The van der Waals surface area contributed by atoms with Crippen molar-refractivity contribution in [2.45, 2.75) is 89.3 Å². The summed E-state index contributed by atoms with van der Waals surface area (Å²) in [5, 5.41) is 0.101. The fourth-order valence-corrected chi connectivity index (χ4v) is 6.19. The normalized spacial score (nSPS) is 22.4. The van der Waals surface area contributed by atoms with Gasteiger partial charge in [-0.05, 0) is 18.1 Å². The average Bonchev–Trinajstić information content (AvgIpc) is 3.26. The van der Waals surface area contributed by atoms with E-state index in [9.17, 15) is 4.79 Å². The number of fused-ring (bicyclic) bond motifs is 1. The van der Waals surface area contributed by atoms with Crippen LogP contribution in [0.3, 0.4) is 0 Å². The lowest BCUT2D eigenvalue weighted by Crippen LogP contribution is -2.44. The Labute approximate surface area is 204 Å². The Balaban J connectivity index is 1.77. The van der Waals surface area contributed by atoms with E-state index in [1.54, 1.807) is 32.5 Å². The van der Waals surface area contributed by atoms with E-state index in [-0.39, 0.29) is 45.2 Å². The van der Waals surface area contributed by atoms with Crippen LogP contribution < -0.4 is 11.3 Å². The van der Waals surface area contributed by atoms with Crippen LogP contribution in [0, 0.1) is 0 Å². The first-order valence-corrected chi connectivity index (χ1v) is 16.3. The van der Waals surface area contributed by atoms with Crippen molar-refractivity contribution in [1.29, 1.82) is 0 Å². The fourth-order valence-electron chi connectivity index (χ4n) is 3.17. The van der Waals surface area contributed by atoms with Gasteiger partial charge in [-0.25, -0.2) is 4.98 Å². The molecule has 0 aliphatic carbocycles. The van der Waals surface area contributed by atoms with E-state index in [1.165, 1.54) is 0 Å². The second-order valence-electron chi connectivity index (χ2n) is 10.8. The number of hydrogen-bond acceptors (Lipinski definition) is 9. The minimum Gasteiger partial charge on any atom is -0.414 e. The van der Waals surface area contributed by atoms with Gasteiger partial charge in [-0.15, -0.1) is 0 Å². The Bertz CT molecular complexity index is 1010. The number of anilines is 1. The first kappa shape index (κ1) is 26.5. The number of nitrogens with one attached hydrogen (secondary N) is 1. The molecule has 0 aromatic carbocycles. The van der Waals surface area contributed by atoms with E-state index in [0.29, 0.717) is 24.6 Å². The molecule has 1 saturated heterocycles. The number of rotatable bonds is 8. The standard InChI is InChI=1S/C21H37N5O4S2Si/c1-20(2,3)32-31-12-28-13-9-15(30-14(13)10-29-33(7,8)21(4,5)6)26-11-23-16-17(26)24-19(22)25-18(16)27/h11,13-15H,9-10,12H2,1-8H3,(H3,22,24,25,27)/t13-,14+,15+/m0/s1. The molecule has 0 radical (unpaired) electrons. The molecule has 3 atom stereocenters. The summed E-state index contributed by atoms with van der Waals surface area (Å²) in [5.74, 6) is 0.600. The monoisotopic (exact) mass is 515 g/mol. The topological polar surface area (TPSA) is 117 Å². The molecule has 3 heterocycles. The van der Waals surface area contributed by atoms with Crippen molar-refractivity contribution < 1.29 is 13.9 Å². The van der Waals surface area contributed by atoms with Crippen LogP contribution >= 0.6 is 21.6 Å². The zero-order valence-corrected chi connectivity index (χ0v) is 23.4. The molecule has 3 N–H and O–H groups in total. The van der Waals surface area contributed by atoms with Gasteiger partial charge in [-0.1, -0.05) is 63.1 Å². The van der Waals surface area contributed by atoms with Gasteiger partial charge >= 0.3 is 0 Å². The Hall–Kier alpha value is -1.05. The molecule has 0 amide bonds. The molecule has 9 nitrogen and oxygen atoms in total. The maximum absolute atomic E-state index is 12.2. The summed E-state index contributed by atoms with van der Waals surface area (Å²) in [6, 6.07) is 0. The highest BCUT2D eigenvalue weighted by Crippen LogP contribution is 2.40. The molecule has 186 valence electrons. The minimum atomic E-state index is -1.95. The quantitative estimate of drug-likeness (QED) is 0.226. The van der Waals surface area contributed by atoms with Crippen LogP contribution in [0.1, 0.15) is 54.2 Å². The molecule has 2 aromatic heterocycles. The summed E-state index contributed by atoms with van der Waals surface area (Å²) >= 11 is 0. The van der Waals surface area contributed by atoms with Crippen LogP contribution in [-0.2, 0) is 13.9 Å². The second kappa shape index (κ2) is 9.90. The van der Waals surface area contributed by atoms with E-state index in [1.807, 2.05) is 0 Å². The van der Waals surface area contributed by atoms with Crippen molar-refractivity contribution in [3.05, 3.63) is 16.7 Å². The molecule has 33 heavy (non-hydrogen) atoms. The Morgan fingerprint density at radius 1 is 1.30 bits per heavy atom. The zero-order chi connectivity index (χ0) is 24.6. The van der Waals surface area contributed by atoms with Crippen LogP contribution in [0.5, 0.6) is 0 Å². The molecule has 1 fully saturated rings. The molecule has 1 aliphatic rings. The van der Waals surface area contributed by atoms with Gasteiger partial charge in [0.2, 0.25) is 5.95 Å². The Kier molecular flexibility index (Phi) is 7.97. The predicted octanol–water partition coefficient (Wildman–Crippen LogP) is 4.53. The van der Waals surface area contributed by atoms with Gasteiger partial charge in [0.1, 0.15) is 18.3 Å². The number of aromatic amines is 1. The average molecular weight is 516 g/mol. The Morgan fingerprint density at radius 2 is 2.00 bits per heavy atom. The SMILES string of the molecule is CC(C)(C)SSCO[C@H]1C[C@H](n2cnc3c(=O)[nH]c(N)nc32)O[C@@H]1CO[Si](C)(C)C(C)(C)C. The van der Waals surface area contributed by atoms with Gasteiger partial charge in [0, 0.05) is 11.2 Å². The minimum absolute atomic E-state index is 0.0495. The highest BCUT2D eigenvalue weighted by molar-refractivity contribution is 8.77. The van der Waals surface area contributed by atoms with Crippen LogP contribution in [0.25, 0.3) is 11.2 Å². The summed E-state index contributed by atoms with van der Waals surface area (Å²) in [5.41, 5.74) is 6.04. The highest BCUT2D eigenvalue weighted by Gasteiger charge is 2.42. The number of ether oxygens (including phenoxy) is 2. The van der Waals surface area contributed by atoms with Crippen LogP contribution in [0.15, 0.2) is 11.1 Å². The smallest absolute Gasteiger partial charge is 0.280 e. The summed E-state index contributed by atoms with van der Waals surface area (Å²) < 4.78 is 21.0. The lowest BCUT2D eigenvalue weighted by molar-refractivity contribution is -0.0506. The first-order chi connectivity index (χ1) is 15.2. The number of nitrogens with zero attached hydrogens (tertiary/aromatic N) is 3. The number of hydrogen-bond donors (Lipinski definition) is 2. The summed E-state index contributed by atoms with van der Waals surface area (Å²) in [6.45, 7) is 18.1. The number of nitrogens with two attached hydrogens (primary N) is 1. The second-order valence-corrected chi connectivity index (χ2v) is 18.7. The lowest BCUT2D eigenvalue weighted by atomic mass is 10.2. The first-order valence-electron chi connectivity index (χ1n) is 11.1. The van der Waals surface area contributed by atoms with E-state index in [4.69, 9.17) is 19.6 Å². The van der Waals surface area contributed by atoms with Crippen LogP contribution in [0.2, 0.25) is 18.1 Å². The largest absolute Gasteiger partial charge is 0.414 e. The molecular formula is C21H37N5O4S2Si. The van der Waals surface area contributed by atoms with Crippen molar-refractivity contribution in [3.63, 3.8) is 0 Å². The molecule has 3 rings (SSSR count). The predicted molar refractivity (Wildman–Crippen MR) is 139 cm³/mol. The molecule has 0 bridgehead atoms. The van der Waals surface area contributed by atoms with Gasteiger partial charge in [0.05, 0.1) is 19.0 Å². The fraction of sp³-hybridized carbons (Fsp3) is 0.762. The molecule has 0 spiro atoms. The molecule has 0 saturated carbocycles. The van der Waals surface area contributed by atoms with Gasteiger partial charge in [0.15, 0.2) is 19.5 Å². The van der Waals surface area contributed by atoms with Gasteiger partial charge < -0.3 is 19.6 Å². The summed E-state index contributed by atoms with van der Waals surface area (Å²) in [6.07, 6.45) is 1.43. The highest BCUT2D eigenvalue weighted by atomic mass is 33.1. The van der Waals surface area contributed by atoms with Crippen molar-refractivity contribution >= 4 is 47.0 Å². The number of H-pyrrole nitrogens is 1. The van der Waals surface area contributed by atoms with Crippen LogP contribution in [-0.4, -0.2) is 57.3 Å². The molecule has 2 aromatic rings. The van der Waals surface area contributed by atoms with Crippen molar-refractivity contribution in [3.8, 4) is 0 Å². The molecule has 12 heteroatoms. The van der Waals surface area contributed by atoms with Gasteiger partial charge in [-0.2, -0.15) is 4.98 Å². The maximum atomic E-state index is 12.2. The third-order valence-corrected chi connectivity index (χ3v) is 13.5. The van der Waals surface area contributed by atoms with Crippen molar-refractivity contribution in [1.82, 2.24) is 19.5 Å². The van der Waals surface area contributed by atoms with E-state index in [0.717, 1.165) is 0 Å². The van der Waals surface area contributed by atoms with Crippen LogP contribution in [0.4, 0.5) is 5.95 Å². The summed E-state index contributed by atoms with van der Waals surface area (Å²) in [7, 11) is 1.54.